The Kier molecular flexibility index (Phi) is 5.86. The molecule has 0 aromatic heterocycles. The van der Waals surface area contributed by atoms with Gasteiger partial charge in [0.05, 0.1) is 5.02 Å². The Labute approximate surface area is 133 Å². The molecule has 0 saturated heterocycles. The Morgan fingerprint density at radius 2 is 1.59 bits per heavy atom. The summed E-state index contributed by atoms with van der Waals surface area (Å²) in [6.45, 7) is 0.657. The molecule has 0 fully saturated rings. The lowest BCUT2D eigenvalue weighted by Gasteiger charge is -2.11. The second-order valence-corrected chi connectivity index (χ2v) is 4.74. The monoisotopic (exact) mass is 318 g/mol. The van der Waals surface area contributed by atoms with Gasteiger partial charge < -0.3 is 14.6 Å². The van der Waals surface area contributed by atoms with Crippen molar-refractivity contribution in [3.63, 3.8) is 0 Å². The van der Waals surface area contributed by atoms with Crippen LogP contribution in [-0.4, -0.2) is 24.3 Å². The number of ether oxygens (including phenoxy) is 2. The summed E-state index contributed by atoms with van der Waals surface area (Å²) in [7, 11) is 0. The van der Waals surface area contributed by atoms with Crippen LogP contribution < -0.4 is 9.47 Å². The number of carboxylic acid groups (broad SMARTS) is 1. The molecule has 0 saturated carbocycles. The summed E-state index contributed by atoms with van der Waals surface area (Å²) in [4.78, 5) is 10.6. The second kappa shape index (κ2) is 8.10. The fourth-order valence-electron chi connectivity index (χ4n) is 1.78. The van der Waals surface area contributed by atoms with Crippen molar-refractivity contribution in [1.29, 1.82) is 0 Å². The first kappa shape index (κ1) is 15.9. The van der Waals surface area contributed by atoms with Crippen LogP contribution in [0.15, 0.2) is 54.6 Å². The van der Waals surface area contributed by atoms with E-state index in [0.717, 1.165) is 6.08 Å². The Hall–Kier alpha value is -2.46. The zero-order valence-corrected chi connectivity index (χ0v) is 12.5. The van der Waals surface area contributed by atoms with Crippen molar-refractivity contribution in [2.75, 3.05) is 13.2 Å². The molecule has 22 heavy (non-hydrogen) atoms. The van der Waals surface area contributed by atoms with Crippen LogP contribution in [0.4, 0.5) is 0 Å². The minimum Gasteiger partial charge on any atom is -0.489 e. The molecule has 0 aliphatic carbocycles. The topological polar surface area (TPSA) is 55.8 Å². The van der Waals surface area contributed by atoms with E-state index >= 15 is 0 Å². The number of carbonyl (C=O) groups is 1. The summed E-state index contributed by atoms with van der Waals surface area (Å²) >= 11 is 5.99. The average Bonchev–Trinajstić information content (AvgIpc) is 2.52. The van der Waals surface area contributed by atoms with E-state index in [1.54, 1.807) is 24.3 Å². The van der Waals surface area contributed by atoms with Crippen molar-refractivity contribution >= 4 is 23.6 Å². The van der Waals surface area contributed by atoms with E-state index in [1.807, 2.05) is 24.3 Å². The summed E-state index contributed by atoms with van der Waals surface area (Å²) in [5, 5.41) is 9.22. The molecule has 0 amide bonds. The van der Waals surface area contributed by atoms with Crippen LogP contribution in [0, 0.1) is 0 Å². The molecule has 0 atom stereocenters. The number of benzene rings is 2. The van der Waals surface area contributed by atoms with Crippen molar-refractivity contribution in [3.8, 4) is 11.5 Å². The highest BCUT2D eigenvalue weighted by Crippen LogP contribution is 2.23. The Balaban J connectivity index is 1.89. The van der Waals surface area contributed by atoms with Gasteiger partial charge in [-0.05, 0) is 24.3 Å². The first-order valence-electron chi connectivity index (χ1n) is 6.67. The van der Waals surface area contributed by atoms with Gasteiger partial charge in [0.15, 0.2) is 0 Å². The van der Waals surface area contributed by atoms with Crippen molar-refractivity contribution < 1.29 is 19.4 Å². The molecule has 0 heterocycles. The molecular weight excluding hydrogens is 304 g/mol. The van der Waals surface area contributed by atoms with Gasteiger partial charge in [-0.15, -0.1) is 0 Å². The van der Waals surface area contributed by atoms with E-state index in [-0.39, 0.29) is 0 Å². The zero-order valence-electron chi connectivity index (χ0n) is 11.7. The average molecular weight is 319 g/mol. The van der Waals surface area contributed by atoms with Crippen LogP contribution in [0.3, 0.4) is 0 Å². The molecule has 0 radical (unpaired) electrons. The third kappa shape index (κ3) is 4.82. The zero-order chi connectivity index (χ0) is 15.8. The van der Waals surface area contributed by atoms with Gasteiger partial charge in [-0.2, -0.15) is 0 Å². The van der Waals surface area contributed by atoms with E-state index in [1.165, 1.54) is 6.08 Å². The van der Waals surface area contributed by atoms with Crippen LogP contribution in [0.25, 0.3) is 6.08 Å². The molecule has 2 aromatic rings. The van der Waals surface area contributed by atoms with Crippen LogP contribution >= 0.6 is 11.6 Å². The number of rotatable bonds is 7. The molecule has 5 heteroatoms. The van der Waals surface area contributed by atoms with E-state index in [2.05, 4.69) is 0 Å². The van der Waals surface area contributed by atoms with Gasteiger partial charge in [0, 0.05) is 11.6 Å². The van der Waals surface area contributed by atoms with Crippen LogP contribution in [0.2, 0.25) is 5.02 Å². The number of para-hydroxylation sites is 2. The molecule has 4 nitrogen and oxygen atoms in total. The highest BCUT2D eigenvalue weighted by Gasteiger charge is 2.02. The third-order valence-electron chi connectivity index (χ3n) is 2.76. The molecule has 0 unspecified atom stereocenters. The van der Waals surface area contributed by atoms with Crippen molar-refractivity contribution in [2.24, 2.45) is 0 Å². The number of hydrogen-bond acceptors (Lipinski definition) is 3. The van der Waals surface area contributed by atoms with Crippen molar-refractivity contribution in [2.45, 2.75) is 0 Å². The second-order valence-electron chi connectivity index (χ2n) is 4.34. The lowest BCUT2D eigenvalue weighted by molar-refractivity contribution is -0.131. The SMILES string of the molecule is O=C(O)C=Cc1ccccc1OCCOc1ccccc1Cl. The molecule has 0 aliphatic rings. The molecule has 2 aromatic carbocycles. The first-order valence-corrected chi connectivity index (χ1v) is 7.05. The van der Waals surface area contributed by atoms with Gasteiger partial charge in [-0.1, -0.05) is 41.9 Å². The normalized spacial score (nSPS) is 10.6. The highest BCUT2D eigenvalue weighted by molar-refractivity contribution is 6.32. The van der Waals surface area contributed by atoms with Gasteiger partial charge >= 0.3 is 5.97 Å². The van der Waals surface area contributed by atoms with Gasteiger partial charge in [0.2, 0.25) is 0 Å². The van der Waals surface area contributed by atoms with Crippen molar-refractivity contribution in [1.82, 2.24) is 0 Å². The largest absolute Gasteiger partial charge is 0.489 e. The number of carboxylic acids is 1. The van der Waals surface area contributed by atoms with E-state index in [0.29, 0.717) is 35.3 Å². The number of aliphatic carboxylic acids is 1. The van der Waals surface area contributed by atoms with Gasteiger partial charge in [0.1, 0.15) is 24.7 Å². The standard InChI is InChI=1S/C17H15ClO4/c18-14-6-2-4-8-16(14)22-12-11-21-15-7-3-1-5-13(15)9-10-17(19)20/h1-10H,11-12H2,(H,19,20). The minimum atomic E-state index is -1.00. The maximum absolute atomic E-state index is 10.6. The molecule has 0 bridgehead atoms. The summed E-state index contributed by atoms with van der Waals surface area (Å²) in [5.74, 6) is 0.200. The summed E-state index contributed by atoms with van der Waals surface area (Å²) < 4.78 is 11.1. The van der Waals surface area contributed by atoms with Gasteiger partial charge in [-0.25, -0.2) is 4.79 Å². The lowest BCUT2D eigenvalue weighted by Crippen LogP contribution is -2.09. The Morgan fingerprint density at radius 3 is 2.27 bits per heavy atom. The third-order valence-corrected chi connectivity index (χ3v) is 3.07. The fourth-order valence-corrected chi connectivity index (χ4v) is 1.97. The van der Waals surface area contributed by atoms with Crippen LogP contribution in [-0.2, 0) is 4.79 Å². The van der Waals surface area contributed by atoms with Gasteiger partial charge in [-0.3, -0.25) is 0 Å². The highest BCUT2D eigenvalue weighted by atomic mass is 35.5. The first-order chi connectivity index (χ1) is 10.7. The predicted molar refractivity (Wildman–Crippen MR) is 85.6 cm³/mol. The smallest absolute Gasteiger partial charge is 0.328 e. The van der Waals surface area contributed by atoms with Gasteiger partial charge in [0.25, 0.3) is 0 Å². The van der Waals surface area contributed by atoms with E-state index < -0.39 is 5.97 Å². The van der Waals surface area contributed by atoms with Crippen LogP contribution in [0.1, 0.15) is 5.56 Å². The maximum atomic E-state index is 10.6. The fraction of sp³-hybridized carbons (Fsp3) is 0.118. The lowest BCUT2D eigenvalue weighted by atomic mass is 10.2. The van der Waals surface area contributed by atoms with Crippen LogP contribution in [0.5, 0.6) is 11.5 Å². The molecule has 0 aliphatic heterocycles. The molecule has 2 rings (SSSR count). The molecule has 114 valence electrons. The quantitative estimate of drug-likeness (QED) is 0.621. The van der Waals surface area contributed by atoms with E-state index in [9.17, 15) is 4.79 Å². The number of halogens is 1. The Bertz CT molecular complexity index is 667. The molecule has 0 spiro atoms. The minimum absolute atomic E-state index is 0.323. The summed E-state index contributed by atoms with van der Waals surface area (Å²) in [6.07, 6.45) is 2.56. The molecular formula is C17H15ClO4. The predicted octanol–water partition coefficient (Wildman–Crippen LogP) is 3.90. The molecule has 1 N–H and O–H groups in total. The van der Waals surface area contributed by atoms with E-state index in [4.69, 9.17) is 26.2 Å². The summed E-state index contributed by atoms with van der Waals surface area (Å²) in [6, 6.07) is 14.4. The van der Waals surface area contributed by atoms with Crippen molar-refractivity contribution in [3.05, 3.63) is 65.2 Å². The number of hydrogen-bond donors (Lipinski definition) is 1. The summed E-state index contributed by atoms with van der Waals surface area (Å²) in [5.41, 5.74) is 0.697. The maximum Gasteiger partial charge on any atom is 0.328 e. The Morgan fingerprint density at radius 1 is 1.00 bits per heavy atom.